The predicted molar refractivity (Wildman–Crippen MR) is 163 cm³/mol. The largest absolute Gasteiger partial charge is 0.373 e. The first kappa shape index (κ1) is 32.2. The van der Waals surface area contributed by atoms with Crippen molar-refractivity contribution in [2.45, 2.75) is 129 Å². The molecule has 4 heteroatoms. The van der Waals surface area contributed by atoms with Gasteiger partial charge in [-0.25, -0.2) is 0 Å². The molecule has 1 fully saturated rings. The average Bonchev–Trinajstić information content (AvgIpc) is 2.95. The second-order valence-corrected chi connectivity index (χ2v) is 11.9. The Labute approximate surface area is 243 Å². The molecule has 1 saturated carbocycles. The van der Waals surface area contributed by atoms with Crippen LogP contribution in [-0.4, -0.2) is 23.8 Å². The summed E-state index contributed by atoms with van der Waals surface area (Å²) in [5, 5.41) is 0. The number of unbranched alkanes of at least 4 members (excludes halogenated alkanes) is 4. The Hall–Kier alpha value is -2.30. The number of Topliss-reactive ketones (excluding diaryl/α,β-unsaturated/α-hetero) is 2. The highest BCUT2D eigenvalue weighted by molar-refractivity contribution is 5.80. The summed E-state index contributed by atoms with van der Waals surface area (Å²) in [6.45, 7) is 5.43. The van der Waals surface area contributed by atoms with Crippen molar-refractivity contribution in [2.24, 2.45) is 11.8 Å². The molecule has 1 aliphatic carbocycles. The number of ketones is 2. The van der Waals surface area contributed by atoms with Gasteiger partial charge in [-0.15, -0.1) is 0 Å². The average molecular weight is 549 g/mol. The number of hydrogen-bond donors (Lipinski definition) is 0. The first-order chi connectivity index (χ1) is 19.6. The van der Waals surface area contributed by atoms with Gasteiger partial charge < -0.3 is 9.47 Å². The SMILES string of the molecule is CCCCC[C@H]1CC(=O)C[C@H](OCc2ccccc2)C[C@@H](CCCCC)CC(=O)C[C@H](OCc2ccccc2)C1. The summed E-state index contributed by atoms with van der Waals surface area (Å²) in [7, 11) is 0. The fourth-order valence-electron chi connectivity index (χ4n) is 6.03. The maximum atomic E-state index is 13.5. The van der Waals surface area contributed by atoms with Crippen LogP contribution in [0.3, 0.4) is 0 Å². The smallest absolute Gasteiger partial charge is 0.135 e. The van der Waals surface area contributed by atoms with Crippen LogP contribution in [-0.2, 0) is 32.3 Å². The van der Waals surface area contributed by atoms with Gasteiger partial charge in [0.05, 0.1) is 25.4 Å². The van der Waals surface area contributed by atoms with E-state index >= 15 is 0 Å². The van der Waals surface area contributed by atoms with Crippen molar-refractivity contribution >= 4 is 11.6 Å². The monoisotopic (exact) mass is 548 g/mol. The third-order valence-corrected chi connectivity index (χ3v) is 8.22. The molecule has 0 saturated heterocycles. The van der Waals surface area contributed by atoms with Gasteiger partial charge in [0.15, 0.2) is 0 Å². The molecule has 0 bridgehead atoms. The molecule has 0 N–H and O–H groups in total. The molecule has 0 spiro atoms. The standard InChI is InChI=1S/C36H52O4/c1-3-5-9-19-31-21-33(37)25-36(40-28-30-17-13-8-14-18-30)24-32(20-10-6-4-2)22-34(38)26-35(23-31)39-27-29-15-11-7-12-16-29/h7-8,11-18,31-32,35-36H,3-6,9-10,19-28H2,1-2H3/t31-,32-,35+,36+/m0/s1. The normalized spacial score (nSPS) is 22.9. The Bertz CT molecular complexity index is 878. The van der Waals surface area contributed by atoms with Crippen molar-refractivity contribution < 1.29 is 19.1 Å². The Balaban J connectivity index is 1.75. The third-order valence-electron chi connectivity index (χ3n) is 8.22. The maximum absolute atomic E-state index is 13.5. The molecular weight excluding hydrogens is 496 g/mol. The van der Waals surface area contributed by atoms with Gasteiger partial charge in [0, 0.05) is 25.7 Å². The van der Waals surface area contributed by atoms with E-state index in [4.69, 9.17) is 9.47 Å². The Morgan fingerprint density at radius 2 is 0.975 bits per heavy atom. The van der Waals surface area contributed by atoms with Crippen LogP contribution in [0.15, 0.2) is 60.7 Å². The number of hydrogen-bond acceptors (Lipinski definition) is 4. The van der Waals surface area contributed by atoms with Crippen LogP contribution in [0.4, 0.5) is 0 Å². The minimum absolute atomic E-state index is 0.145. The first-order valence-corrected chi connectivity index (χ1v) is 15.9. The number of carbonyl (C=O) groups is 2. The topological polar surface area (TPSA) is 52.6 Å². The lowest BCUT2D eigenvalue weighted by Crippen LogP contribution is -2.28. The van der Waals surface area contributed by atoms with E-state index in [0.29, 0.717) is 50.5 Å². The van der Waals surface area contributed by atoms with E-state index in [2.05, 4.69) is 38.1 Å². The van der Waals surface area contributed by atoms with Crippen molar-refractivity contribution in [1.29, 1.82) is 0 Å². The Kier molecular flexibility index (Phi) is 15.3. The molecule has 0 heterocycles. The van der Waals surface area contributed by atoms with E-state index in [1.807, 2.05) is 36.4 Å². The lowest BCUT2D eigenvalue weighted by molar-refractivity contribution is -0.126. The number of carbonyl (C=O) groups excluding carboxylic acids is 2. The summed E-state index contributed by atoms with van der Waals surface area (Å²) in [4.78, 5) is 27.0. The number of rotatable bonds is 14. The van der Waals surface area contributed by atoms with E-state index in [1.54, 1.807) is 0 Å². The van der Waals surface area contributed by atoms with Gasteiger partial charge in [-0.05, 0) is 48.6 Å². The molecule has 0 radical (unpaired) electrons. The van der Waals surface area contributed by atoms with Crippen LogP contribution < -0.4 is 0 Å². The molecule has 2 aromatic carbocycles. The quantitative estimate of drug-likeness (QED) is 0.221. The second kappa shape index (κ2) is 18.9. The second-order valence-electron chi connectivity index (χ2n) is 11.9. The van der Waals surface area contributed by atoms with Crippen LogP contribution in [0.1, 0.15) is 115 Å². The Morgan fingerprint density at radius 3 is 1.35 bits per heavy atom. The minimum Gasteiger partial charge on any atom is -0.373 e. The van der Waals surface area contributed by atoms with E-state index in [1.165, 1.54) is 12.8 Å². The highest BCUT2D eigenvalue weighted by atomic mass is 16.5. The molecule has 4 atom stereocenters. The van der Waals surface area contributed by atoms with Gasteiger partial charge >= 0.3 is 0 Å². The van der Waals surface area contributed by atoms with Gasteiger partial charge in [0.1, 0.15) is 11.6 Å². The van der Waals surface area contributed by atoms with Gasteiger partial charge in [-0.3, -0.25) is 9.59 Å². The zero-order chi connectivity index (χ0) is 28.4. The predicted octanol–water partition coefficient (Wildman–Crippen LogP) is 9.04. The highest BCUT2D eigenvalue weighted by Crippen LogP contribution is 2.30. The summed E-state index contributed by atoms with van der Waals surface area (Å²) in [6.07, 6.45) is 12.1. The van der Waals surface area contributed by atoms with Gasteiger partial charge in [0.2, 0.25) is 0 Å². The molecule has 3 rings (SSSR count). The van der Waals surface area contributed by atoms with E-state index < -0.39 is 0 Å². The van der Waals surface area contributed by atoms with Crippen molar-refractivity contribution in [3.63, 3.8) is 0 Å². The lowest BCUT2D eigenvalue weighted by atomic mass is 9.83. The van der Waals surface area contributed by atoms with Gasteiger partial charge in [-0.1, -0.05) is 113 Å². The molecule has 40 heavy (non-hydrogen) atoms. The molecule has 1 aliphatic rings. The summed E-state index contributed by atoms with van der Waals surface area (Å²) in [5.41, 5.74) is 2.24. The van der Waals surface area contributed by atoms with Crippen molar-refractivity contribution in [1.82, 2.24) is 0 Å². The van der Waals surface area contributed by atoms with E-state index in [-0.39, 0.29) is 24.0 Å². The summed E-state index contributed by atoms with van der Waals surface area (Å²) >= 11 is 0. The molecule has 0 amide bonds. The zero-order valence-corrected chi connectivity index (χ0v) is 25.0. The summed E-state index contributed by atoms with van der Waals surface area (Å²) in [5.74, 6) is 1.06. The first-order valence-electron chi connectivity index (χ1n) is 15.9. The van der Waals surface area contributed by atoms with Crippen LogP contribution in [0.2, 0.25) is 0 Å². The molecule has 0 unspecified atom stereocenters. The molecular formula is C36H52O4. The minimum atomic E-state index is -0.145. The molecule has 220 valence electrons. The molecule has 4 nitrogen and oxygen atoms in total. The maximum Gasteiger partial charge on any atom is 0.135 e. The molecule has 0 aromatic heterocycles. The fraction of sp³-hybridized carbons (Fsp3) is 0.611. The van der Waals surface area contributed by atoms with Crippen LogP contribution in [0.25, 0.3) is 0 Å². The van der Waals surface area contributed by atoms with Crippen molar-refractivity contribution in [2.75, 3.05) is 0 Å². The van der Waals surface area contributed by atoms with Crippen molar-refractivity contribution in [3.05, 3.63) is 71.8 Å². The van der Waals surface area contributed by atoms with Crippen LogP contribution in [0.5, 0.6) is 0 Å². The van der Waals surface area contributed by atoms with Crippen LogP contribution in [0, 0.1) is 11.8 Å². The summed E-state index contributed by atoms with van der Waals surface area (Å²) in [6, 6.07) is 20.4. The lowest BCUT2D eigenvalue weighted by Gasteiger charge is -2.28. The highest BCUT2D eigenvalue weighted by Gasteiger charge is 2.28. The number of ether oxygens (including phenoxy) is 2. The van der Waals surface area contributed by atoms with Gasteiger partial charge in [0.25, 0.3) is 0 Å². The van der Waals surface area contributed by atoms with Crippen molar-refractivity contribution in [3.8, 4) is 0 Å². The third kappa shape index (κ3) is 12.9. The van der Waals surface area contributed by atoms with E-state index in [0.717, 1.165) is 62.5 Å². The zero-order valence-electron chi connectivity index (χ0n) is 25.0. The van der Waals surface area contributed by atoms with E-state index in [9.17, 15) is 9.59 Å². The number of benzene rings is 2. The molecule has 0 aliphatic heterocycles. The Morgan fingerprint density at radius 1 is 0.575 bits per heavy atom. The van der Waals surface area contributed by atoms with Gasteiger partial charge in [-0.2, -0.15) is 0 Å². The summed E-state index contributed by atoms with van der Waals surface area (Å²) < 4.78 is 12.8. The fourth-order valence-corrected chi connectivity index (χ4v) is 6.03. The molecule has 2 aromatic rings. The van der Waals surface area contributed by atoms with Crippen LogP contribution >= 0.6 is 0 Å².